The second-order valence-electron chi connectivity index (χ2n) is 6.41. The van der Waals surface area contributed by atoms with Gasteiger partial charge in [0, 0.05) is 17.1 Å². The van der Waals surface area contributed by atoms with Crippen LogP contribution in [0.25, 0.3) is 0 Å². The Bertz CT molecular complexity index is 937. The quantitative estimate of drug-likeness (QED) is 0.606. The molecule has 4 heteroatoms. The maximum atomic E-state index is 13.4. The average molecular weight is 366 g/mol. The smallest absolute Gasteiger partial charge is 0.254 e. The summed E-state index contributed by atoms with van der Waals surface area (Å²) in [6, 6.07) is 21.2. The molecule has 0 spiro atoms. The fraction of sp³-hybridized carbons (Fsp3) is 0.136. The van der Waals surface area contributed by atoms with Gasteiger partial charge in [-0.2, -0.15) is 0 Å². The van der Waals surface area contributed by atoms with Crippen LogP contribution in [0.3, 0.4) is 0 Å². The van der Waals surface area contributed by atoms with Gasteiger partial charge in [0.2, 0.25) is 0 Å². The Kier molecular flexibility index (Phi) is 4.48. The number of carbonyl (C=O) groups is 1. The van der Waals surface area contributed by atoms with Gasteiger partial charge in [-0.1, -0.05) is 48.0 Å². The summed E-state index contributed by atoms with van der Waals surface area (Å²) in [5, 5.41) is 0.598. The highest BCUT2D eigenvalue weighted by molar-refractivity contribution is 6.30. The van der Waals surface area contributed by atoms with E-state index < -0.39 is 0 Å². The predicted octanol–water partition coefficient (Wildman–Crippen LogP) is 5.27. The number of nitrogens with zero attached hydrogens (tertiary/aromatic N) is 1. The summed E-state index contributed by atoms with van der Waals surface area (Å²) in [5.41, 5.74) is 3.82. The topological polar surface area (TPSA) is 20.3 Å². The third-order valence-electron chi connectivity index (χ3n) is 4.82. The van der Waals surface area contributed by atoms with Crippen LogP contribution in [0.5, 0.6) is 0 Å². The Morgan fingerprint density at radius 1 is 0.962 bits per heavy atom. The van der Waals surface area contributed by atoms with E-state index >= 15 is 0 Å². The molecule has 1 atom stereocenters. The molecule has 0 radical (unpaired) electrons. The second kappa shape index (κ2) is 6.93. The Hall–Kier alpha value is -2.65. The Balaban J connectivity index is 1.78. The van der Waals surface area contributed by atoms with Gasteiger partial charge in [0.1, 0.15) is 5.82 Å². The molecule has 3 aromatic carbocycles. The molecule has 4 rings (SSSR count). The molecule has 1 heterocycles. The first-order valence-corrected chi connectivity index (χ1v) is 8.91. The lowest BCUT2D eigenvalue weighted by Crippen LogP contribution is -2.40. The van der Waals surface area contributed by atoms with Gasteiger partial charge in [-0.05, 0) is 59.5 Å². The van der Waals surface area contributed by atoms with Gasteiger partial charge in [-0.3, -0.25) is 4.79 Å². The van der Waals surface area contributed by atoms with Crippen molar-refractivity contribution in [3.63, 3.8) is 0 Å². The number of benzene rings is 3. The second-order valence-corrected chi connectivity index (χ2v) is 6.84. The van der Waals surface area contributed by atoms with Gasteiger partial charge in [-0.25, -0.2) is 4.39 Å². The fourth-order valence-electron chi connectivity index (χ4n) is 3.55. The van der Waals surface area contributed by atoms with Gasteiger partial charge in [0.15, 0.2) is 0 Å². The highest BCUT2D eigenvalue weighted by Crippen LogP contribution is 2.36. The highest BCUT2D eigenvalue weighted by Gasteiger charge is 2.32. The zero-order chi connectivity index (χ0) is 18.1. The van der Waals surface area contributed by atoms with Crippen LogP contribution in [0.2, 0.25) is 5.02 Å². The number of hydrogen-bond donors (Lipinski definition) is 0. The first-order valence-electron chi connectivity index (χ1n) is 8.53. The van der Waals surface area contributed by atoms with Crippen LogP contribution in [-0.4, -0.2) is 17.4 Å². The van der Waals surface area contributed by atoms with Gasteiger partial charge >= 0.3 is 0 Å². The summed E-state index contributed by atoms with van der Waals surface area (Å²) >= 11 is 5.95. The van der Waals surface area contributed by atoms with E-state index in [0.29, 0.717) is 17.1 Å². The minimum absolute atomic E-state index is 0.0505. The van der Waals surface area contributed by atoms with E-state index in [4.69, 9.17) is 11.6 Å². The number of halogens is 2. The monoisotopic (exact) mass is 365 g/mol. The summed E-state index contributed by atoms with van der Waals surface area (Å²) < 4.78 is 13.4. The SMILES string of the molecule is O=C(c1ccc(Cl)cc1)N1CCc2ccccc2[C@@H]1c1ccc(F)cc1. The average Bonchev–Trinajstić information content (AvgIpc) is 2.68. The van der Waals surface area contributed by atoms with E-state index in [1.54, 1.807) is 36.4 Å². The molecular formula is C22H17ClFNO. The Morgan fingerprint density at radius 2 is 1.65 bits per heavy atom. The van der Waals surface area contributed by atoms with Crippen molar-refractivity contribution < 1.29 is 9.18 Å². The zero-order valence-corrected chi connectivity index (χ0v) is 14.8. The van der Waals surface area contributed by atoms with Crippen LogP contribution in [0, 0.1) is 5.82 Å². The van der Waals surface area contributed by atoms with Crippen molar-refractivity contribution in [3.05, 3.63) is 106 Å². The summed E-state index contributed by atoms with van der Waals surface area (Å²) in [6.07, 6.45) is 0.799. The molecule has 0 fully saturated rings. The molecule has 3 aromatic rings. The maximum Gasteiger partial charge on any atom is 0.254 e. The lowest BCUT2D eigenvalue weighted by molar-refractivity contribution is 0.0694. The maximum absolute atomic E-state index is 13.4. The summed E-state index contributed by atoms with van der Waals surface area (Å²) in [4.78, 5) is 15.0. The van der Waals surface area contributed by atoms with E-state index in [1.807, 2.05) is 23.1 Å². The van der Waals surface area contributed by atoms with E-state index in [-0.39, 0.29) is 17.8 Å². The lowest BCUT2D eigenvalue weighted by atomic mass is 9.87. The predicted molar refractivity (Wildman–Crippen MR) is 101 cm³/mol. The van der Waals surface area contributed by atoms with Gasteiger partial charge in [0.25, 0.3) is 5.91 Å². The molecule has 0 aromatic heterocycles. The lowest BCUT2D eigenvalue weighted by Gasteiger charge is -2.38. The van der Waals surface area contributed by atoms with E-state index in [1.165, 1.54) is 17.7 Å². The molecule has 1 aliphatic heterocycles. The van der Waals surface area contributed by atoms with Crippen LogP contribution in [-0.2, 0) is 6.42 Å². The number of carbonyl (C=O) groups excluding carboxylic acids is 1. The standard InChI is InChI=1S/C22H17ClFNO/c23-18-9-5-17(6-10-18)22(26)25-14-13-15-3-1-2-4-20(15)21(25)16-7-11-19(24)12-8-16/h1-12,21H,13-14H2/t21-/m0/s1. The van der Waals surface area contributed by atoms with Crippen LogP contribution >= 0.6 is 11.6 Å². The number of hydrogen-bond acceptors (Lipinski definition) is 1. The minimum Gasteiger partial charge on any atom is -0.327 e. The van der Waals surface area contributed by atoms with Gasteiger partial charge < -0.3 is 4.90 Å². The highest BCUT2D eigenvalue weighted by atomic mass is 35.5. The number of rotatable bonds is 2. The molecular weight excluding hydrogens is 349 g/mol. The molecule has 1 aliphatic rings. The minimum atomic E-state index is -0.284. The third kappa shape index (κ3) is 3.11. The number of fused-ring (bicyclic) bond motifs is 1. The molecule has 26 heavy (non-hydrogen) atoms. The van der Waals surface area contributed by atoms with Crippen molar-refractivity contribution in [2.45, 2.75) is 12.5 Å². The first-order chi connectivity index (χ1) is 12.6. The van der Waals surface area contributed by atoms with Crippen molar-refractivity contribution >= 4 is 17.5 Å². The first kappa shape index (κ1) is 16.8. The fourth-order valence-corrected chi connectivity index (χ4v) is 3.67. The number of amides is 1. The van der Waals surface area contributed by atoms with Gasteiger partial charge in [0.05, 0.1) is 6.04 Å². The van der Waals surface area contributed by atoms with Crippen LogP contribution in [0.1, 0.15) is 33.1 Å². The molecule has 2 nitrogen and oxygen atoms in total. The van der Waals surface area contributed by atoms with Gasteiger partial charge in [-0.15, -0.1) is 0 Å². The van der Waals surface area contributed by atoms with Crippen molar-refractivity contribution in [1.29, 1.82) is 0 Å². The molecule has 0 bridgehead atoms. The largest absolute Gasteiger partial charge is 0.327 e. The third-order valence-corrected chi connectivity index (χ3v) is 5.07. The van der Waals surface area contributed by atoms with E-state index in [9.17, 15) is 9.18 Å². The molecule has 0 saturated carbocycles. The zero-order valence-electron chi connectivity index (χ0n) is 14.0. The van der Waals surface area contributed by atoms with E-state index in [2.05, 4.69) is 6.07 Å². The normalized spacial score (nSPS) is 16.2. The van der Waals surface area contributed by atoms with Crippen molar-refractivity contribution in [2.24, 2.45) is 0 Å². The van der Waals surface area contributed by atoms with E-state index in [0.717, 1.165) is 17.5 Å². The molecule has 1 amide bonds. The molecule has 0 saturated heterocycles. The molecule has 0 unspecified atom stereocenters. The summed E-state index contributed by atoms with van der Waals surface area (Å²) in [7, 11) is 0. The Morgan fingerprint density at radius 3 is 2.38 bits per heavy atom. The van der Waals surface area contributed by atoms with Crippen LogP contribution < -0.4 is 0 Å². The summed E-state index contributed by atoms with van der Waals surface area (Å²) in [5.74, 6) is -0.334. The van der Waals surface area contributed by atoms with Crippen molar-refractivity contribution in [1.82, 2.24) is 4.90 Å². The Labute approximate surface area is 156 Å². The molecule has 130 valence electrons. The molecule has 0 aliphatic carbocycles. The van der Waals surface area contributed by atoms with Crippen LogP contribution in [0.15, 0.2) is 72.8 Å². The van der Waals surface area contributed by atoms with Crippen LogP contribution in [0.4, 0.5) is 4.39 Å². The van der Waals surface area contributed by atoms with Crippen molar-refractivity contribution in [2.75, 3.05) is 6.54 Å². The van der Waals surface area contributed by atoms with Crippen molar-refractivity contribution in [3.8, 4) is 0 Å². The molecule has 0 N–H and O–H groups in total. The summed E-state index contributed by atoms with van der Waals surface area (Å²) in [6.45, 7) is 0.612.